The van der Waals surface area contributed by atoms with Gasteiger partial charge in [0.2, 0.25) is 0 Å². The zero-order valence-electron chi connectivity index (χ0n) is 9.26. The third-order valence-electron chi connectivity index (χ3n) is 2.50. The van der Waals surface area contributed by atoms with Crippen LogP contribution in [-0.4, -0.2) is 11.7 Å². The molecule has 15 heavy (non-hydrogen) atoms. The van der Waals surface area contributed by atoms with E-state index in [9.17, 15) is 5.11 Å². The number of halogens is 1. The Morgan fingerprint density at radius 3 is 2.60 bits per heavy atom. The lowest BCUT2D eigenvalue weighted by Gasteiger charge is -2.12. The van der Waals surface area contributed by atoms with Crippen LogP contribution in [0.5, 0.6) is 5.75 Å². The first-order valence-corrected chi connectivity index (χ1v) is 6.07. The quantitative estimate of drug-likeness (QED) is 0.884. The van der Waals surface area contributed by atoms with Crippen molar-refractivity contribution in [1.29, 1.82) is 0 Å². The first-order chi connectivity index (χ1) is 7.07. The van der Waals surface area contributed by atoms with Gasteiger partial charge in [0.25, 0.3) is 0 Å². The van der Waals surface area contributed by atoms with Crippen LogP contribution >= 0.6 is 15.9 Å². The molecule has 0 aromatic heterocycles. The topological polar surface area (TPSA) is 46.2 Å². The van der Waals surface area contributed by atoms with Crippen molar-refractivity contribution in [2.24, 2.45) is 5.73 Å². The van der Waals surface area contributed by atoms with Crippen LogP contribution in [-0.2, 0) is 6.42 Å². The van der Waals surface area contributed by atoms with E-state index < -0.39 is 0 Å². The predicted molar refractivity (Wildman–Crippen MR) is 67.3 cm³/mol. The molecule has 0 aliphatic carbocycles. The summed E-state index contributed by atoms with van der Waals surface area (Å²) in [6.45, 7) is 4.82. The minimum Gasteiger partial charge on any atom is -0.506 e. The number of phenols is 1. The predicted octanol–water partition coefficient (Wildman–Crippen LogP) is 3.17. The van der Waals surface area contributed by atoms with Gasteiger partial charge in [-0.1, -0.05) is 26.0 Å². The van der Waals surface area contributed by atoms with E-state index in [0.29, 0.717) is 18.2 Å². The van der Waals surface area contributed by atoms with Gasteiger partial charge >= 0.3 is 0 Å². The average molecular weight is 272 g/mol. The van der Waals surface area contributed by atoms with E-state index >= 15 is 0 Å². The van der Waals surface area contributed by atoms with E-state index in [1.54, 1.807) is 0 Å². The van der Waals surface area contributed by atoms with Gasteiger partial charge < -0.3 is 10.8 Å². The Morgan fingerprint density at radius 1 is 1.40 bits per heavy atom. The van der Waals surface area contributed by atoms with Crippen LogP contribution in [0.4, 0.5) is 0 Å². The Morgan fingerprint density at radius 2 is 2.07 bits per heavy atom. The Hall–Kier alpha value is -0.540. The number of hydrogen-bond donors (Lipinski definition) is 2. The van der Waals surface area contributed by atoms with E-state index in [1.165, 1.54) is 0 Å². The van der Waals surface area contributed by atoms with Crippen molar-refractivity contribution in [2.45, 2.75) is 32.6 Å². The zero-order chi connectivity index (χ0) is 11.4. The summed E-state index contributed by atoms with van der Waals surface area (Å²) in [5.41, 5.74) is 7.58. The van der Waals surface area contributed by atoms with Crippen LogP contribution in [0.3, 0.4) is 0 Å². The number of aryl methyl sites for hydroxylation is 1. The molecule has 0 atom stereocenters. The number of benzene rings is 1. The summed E-state index contributed by atoms with van der Waals surface area (Å²) in [5, 5.41) is 9.97. The fourth-order valence-electron chi connectivity index (χ4n) is 1.57. The van der Waals surface area contributed by atoms with E-state index in [-0.39, 0.29) is 0 Å². The Bertz CT molecular complexity index is 337. The summed E-state index contributed by atoms with van der Waals surface area (Å²) in [7, 11) is 0. The second-order valence-corrected chi connectivity index (χ2v) is 4.82. The summed E-state index contributed by atoms with van der Waals surface area (Å²) >= 11 is 3.44. The Kier molecular flexibility index (Phi) is 4.61. The largest absolute Gasteiger partial charge is 0.506 e. The molecule has 84 valence electrons. The molecule has 3 N–H and O–H groups in total. The maximum absolute atomic E-state index is 9.97. The van der Waals surface area contributed by atoms with Crippen molar-refractivity contribution in [3.63, 3.8) is 0 Å². The van der Waals surface area contributed by atoms with Gasteiger partial charge in [0.05, 0.1) is 4.47 Å². The van der Waals surface area contributed by atoms with E-state index in [4.69, 9.17) is 5.73 Å². The van der Waals surface area contributed by atoms with Crippen molar-refractivity contribution < 1.29 is 5.11 Å². The molecule has 0 spiro atoms. The molecular weight excluding hydrogens is 254 g/mol. The summed E-state index contributed by atoms with van der Waals surface area (Å²) in [5.74, 6) is 0.712. The van der Waals surface area contributed by atoms with E-state index in [1.807, 2.05) is 6.07 Å². The first-order valence-electron chi connectivity index (χ1n) is 5.28. The molecule has 0 heterocycles. The number of aromatic hydroxyl groups is 1. The van der Waals surface area contributed by atoms with Crippen LogP contribution in [0.1, 0.15) is 37.3 Å². The fraction of sp³-hybridized carbons (Fsp3) is 0.500. The van der Waals surface area contributed by atoms with Gasteiger partial charge in [0, 0.05) is 0 Å². The highest BCUT2D eigenvalue weighted by atomic mass is 79.9. The molecule has 0 fully saturated rings. The van der Waals surface area contributed by atoms with Gasteiger partial charge in [0.1, 0.15) is 5.75 Å². The molecule has 0 radical (unpaired) electrons. The van der Waals surface area contributed by atoms with E-state index in [0.717, 1.165) is 28.4 Å². The summed E-state index contributed by atoms with van der Waals surface area (Å²) < 4.78 is 0.821. The third-order valence-corrected chi connectivity index (χ3v) is 3.38. The standard InChI is InChI=1S/C12H18BrNO/c1-8(2)10-6-5-9(4-3-7-14)11(13)12(10)15/h5-6,8,15H,3-4,7,14H2,1-2H3. The first kappa shape index (κ1) is 12.5. The SMILES string of the molecule is CC(C)c1ccc(CCCN)c(Br)c1O. The molecule has 1 aromatic carbocycles. The molecule has 1 rings (SSSR count). The van der Waals surface area contributed by atoms with Gasteiger partial charge in [-0.3, -0.25) is 0 Å². The van der Waals surface area contributed by atoms with Crippen LogP contribution in [0.2, 0.25) is 0 Å². The normalized spacial score (nSPS) is 11.0. The van der Waals surface area contributed by atoms with Crippen LogP contribution < -0.4 is 5.73 Å². The number of phenolic OH excluding ortho intramolecular Hbond substituents is 1. The lowest BCUT2D eigenvalue weighted by molar-refractivity contribution is 0.460. The lowest BCUT2D eigenvalue weighted by atomic mass is 9.99. The third kappa shape index (κ3) is 2.95. The fourth-order valence-corrected chi connectivity index (χ4v) is 2.13. The molecule has 0 saturated carbocycles. The average Bonchev–Trinajstić information content (AvgIpc) is 2.20. The minimum absolute atomic E-state index is 0.338. The molecular formula is C12H18BrNO. The Labute approximate surface area is 99.6 Å². The molecule has 1 aromatic rings. The Balaban J connectivity index is 2.99. The van der Waals surface area contributed by atoms with E-state index in [2.05, 4.69) is 35.8 Å². The molecule has 0 aliphatic heterocycles. The highest BCUT2D eigenvalue weighted by Gasteiger charge is 2.12. The zero-order valence-corrected chi connectivity index (χ0v) is 10.8. The van der Waals surface area contributed by atoms with Gasteiger partial charge in [-0.2, -0.15) is 0 Å². The summed E-state index contributed by atoms with van der Waals surface area (Å²) in [4.78, 5) is 0. The van der Waals surface area contributed by atoms with Crippen LogP contribution in [0.25, 0.3) is 0 Å². The summed E-state index contributed by atoms with van der Waals surface area (Å²) in [6, 6.07) is 4.06. The van der Waals surface area contributed by atoms with Crippen molar-refractivity contribution in [3.05, 3.63) is 27.7 Å². The molecule has 0 saturated heterocycles. The smallest absolute Gasteiger partial charge is 0.133 e. The van der Waals surface area contributed by atoms with Gasteiger partial charge in [-0.25, -0.2) is 0 Å². The lowest BCUT2D eigenvalue weighted by Crippen LogP contribution is -2.01. The second-order valence-electron chi connectivity index (χ2n) is 4.02. The van der Waals surface area contributed by atoms with Gasteiger partial charge in [-0.15, -0.1) is 0 Å². The number of hydrogen-bond acceptors (Lipinski definition) is 2. The van der Waals surface area contributed by atoms with Gasteiger partial charge in [-0.05, 0) is 52.4 Å². The summed E-state index contributed by atoms with van der Waals surface area (Å²) in [6.07, 6.45) is 1.85. The maximum atomic E-state index is 9.97. The van der Waals surface area contributed by atoms with Gasteiger partial charge in [0.15, 0.2) is 0 Å². The molecule has 0 aliphatic rings. The van der Waals surface area contributed by atoms with Crippen molar-refractivity contribution in [1.82, 2.24) is 0 Å². The molecule has 0 amide bonds. The number of nitrogens with two attached hydrogens (primary N) is 1. The second kappa shape index (κ2) is 5.52. The molecule has 0 bridgehead atoms. The minimum atomic E-state index is 0.338. The number of rotatable bonds is 4. The molecule has 2 nitrogen and oxygen atoms in total. The maximum Gasteiger partial charge on any atom is 0.133 e. The van der Waals surface area contributed by atoms with Crippen LogP contribution in [0, 0.1) is 0 Å². The van der Waals surface area contributed by atoms with Crippen molar-refractivity contribution in [2.75, 3.05) is 6.54 Å². The molecule has 3 heteroatoms. The monoisotopic (exact) mass is 271 g/mol. The van der Waals surface area contributed by atoms with Crippen LogP contribution in [0.15, 0.2) is 16.6 Å². The molecule has 0 unspecified atom stereocenters. The highest BCUT2D eigenvalue weighted by Crippen LogP contribution is 2.35. The van der Waals surface area contributed by atoms with Crippen molar-refractivity contribution >= 4 is 15.9 Å². The highest BCUT2D eigenvalue weighted by molar-refractivity contribution is 9.10. The van der Waals surface area contributed by atoms with Crippen molar-refractivity contribution in [3.8, 4) is 5.75 Å².